The van der Waals surface area contributed by atoms with E-state index in [1.807, 2.05) is 35.2 Å². The molecule has 1 aromatic carbocycles. The van der Waals surface area contributed by atoms with E-state index in [0.29, 0.717) is 12.1 Å². The molecule has 0 radical (unpaired) electrons. The minimum Gasteiger partial charge on any atom is -0.496 e. The van der Waals surface area contributed by atoms with Crippen molar-refractivity contribution in [2.45, 2.75) is 19.4 Å². The van der Waals surface area contributed by atoms with E-state index in [0.717, 1.165) is 42.9 Å². The summed E-state index contributed by atoms with van der Waals surface area (Å²) in [6.45, 7) is 2.31. The van der Waals surface area contributed by atoms with E-state index in [-0.39, 0.29) is 5.91 Å². The summed E-state index contributed by atoms with van der Waals surface area (Å²) in [6, 6.07) is 9.73. The zero-order chi connectivity index (χ0) is 16.1. The van der Waals surface area contributed by atoms with Crippen LogP contribution < -0.4 is 10.1 Å². The lowest BCUT2D eigenvalue weighted by molar-refractivity contribution is 0.0792. The highest BCUT2D eigenvalue weighted by Crippen LogP contribution is 2.20. The number of methoxy groups -OCH3 is 1. The number of benzene rings is 1. The lowest BCUT2D eigenvalue weighted by Crippen LogP contribution is -2.27. The molecule has 0 spiro atoms. The van der Waals surface area contributed by atoms with Gasteiger partial charge in [0.2, 0.25) is 0 Å². The molecule has 0 atom stereocenters. The van der Waals surface area contributed by atoms with Gasteiger partial charge in [0.15, 0.2) is 0 Å². The summed E-state index contributed by atoms with van der Waals surface area (Å²) in [5.74, 6) is 0.910. The van der Waals surface area contributed by atoms with Crippen LogP contribution in [0.25, 0.3) is 0 Å². The average molecular weight is 311 g/mol. The van der Waals surface area contributed by atoms with E-state index in [1.54, 1.807) is 19.5 Å². The molecule has 1 aromatic heterocycles. The Morgan fingerprint density at radius 3 is 2.83 bits per heavy atom. The van der Waals surface area contributed by atoms with E-state index in [4.69, 9.17) is 4.74 Å². The minimum atomic E-state index is 0.0657. The predicted octanol–water partition coefficient (Wildman–Crippen LogP) is 2.94. The lowest BCUT2D eigenvalue weighted by atomic mass is 10.2. The highest BCUT2D eigenvalue weighted by Gasteiger charge is 2.19. The van der Waals surface area contributed by atoms with Crippen LogP contribution in [0.1, 0.15) is 28.8 Å². The smallest absolute Gasteiger partial charge is 0.255 e. The quantitative estimate of drug-likeness (QED) is 0.922. The molecule has 0 aliphatic carbocycles. The highest BCUT2D eigenvalue weighted by molar-refractivity contribution is 5.94. The SMILES string of the molecule is COc1ccccc1CNc1cncc(C(=O)N2CCCC2)c1. The van der Waals surface area contributed by atoms with Gasteiger partial charge in [0.25, 0.3) is 5.91 Å². The second-order valence-corrected chi connectivity index (χ2v) is 5.63. The molecule has 1 amide bonds. The molecule has 1 aliphatic heterocycles. The fraction of sp³-hybridized carbons (Fsp3) is 0.333. The van der Waals surface area contributed by atoms with Gasteiger partial charge < -0.3 is 15.0 Å². The number of amides is 1. The van der Waals surface area contributed by atoms with Gasteiger partial charge in [-0.2, -0.15) is 0 Å². The van der Waals surface area contributed by atoms with Crippen LogP contribution in [0.15, 0.2) is 42.7 Å². The Labute approximate surface area is 136 Å². The van der Waals surface area contributed by atoms with Crippen LogP contribution >= 0.6 is 0 Å². The topological polar surface area (TPSA) is 54.5 Å². The van der Waals surface area contributed by atoms with Gasteiger partial charge in [-0.3, -0.25) is 9.78 Å². The summed E-state index contributed by atoms with van der Waals surface area (Å²) >= 11 is 0. The van der Waals surface area contributed by atoms with Crippen LogP contribution in [0.5, 0.6) is 5.75 Å². The molecule has 1 saturated heterocycles. The summed E-state index contributed by atoms with van der Waals surface area (Å²) < 4.78 is 5.35. The predicted molar refractivity (Wildman–Crippen MR) is 89.7 cm³/mol. The average Bonchev–Trinajstić information content (AvgIpc) is 3.14. The zero-order valence-corrected chi connectivity index (χ0v) is 13.3. The Balaban J connectivity index is 1.69. The van der Waals surface area contributed by atoms with Crippen LogP contribution in [0.4, 0.5) is 5.69 Å². The van der Waals surface area contributed by atoms with Crippen molar-refractivity contribution < 1.29 is 9.53 Å². The number of hydrogen-bond donors (Lipinski definition) is 1. The second kappa shape index (κ2) is 7.13. The molecule has 0 saturated carbocycles. The first-order valence-electron chi connectivity index (χ1n) is 7.88. The number of nitrogens with zero attached hydrogens (tertiary/aromatic N) is 2. The molecular weight excluding hydrogens is 290 g/mol. The van der Waals surface area contributed by atoms with E-state index in [2.05, 4.69) is 10.3 Å². The normalized spacial score (nSPS) is 13.9. The van der Waals surface area contributed by atoms with Crippen LogP contribution in [0, 0.1) is 0 Å². The largest absolute Gasteiger partial charge is 0.496 e. The maximum atomic E-state index is 12.4. The lowest BCUT2D eigenvalue weighted by Gasteiger charge is -2.16. The fourth-order valence-corrected chi connectivity index (χ4v) is 2.80. The number of aromatic nitrogens is 1. The summed E-state index contributed by atoms with van der Waals surface area (Å²) in [7, 11) is 1.66. The molecule has 1 fully saturated rings. The maximum absolute atomic E-state index is 12.4. The molecule has 5 heteroatoms. The van der Waals surface area contributed by atoms with Gasteiger partial charge in [0.05, 0.1) is 18.4 Å². The number of ether oxygens (including phenoxy) is 1. The van der Waals surface area contributed by atoms with Crippen molar-refractivity contribution in [3.63, 3.8) is 0 Å². The van der Waals surface area contributed by atoms with Crippen molar-refractivity contribution in [2.24, 2.45) is 0 Å². The Morgan fingerprint density at radius 2 is 2.04 bits per heavy atom. The van der Waals surface area contributed by atoms with Crippen LogP contribution in [-0.4, -0.2) is 36.0 Å². The third-order valence-corrected chi connectivity index (χ3v) is 4.05. The summed E-state index contributed by atoms with van der Waals surface area (Å²) in [5, 5.41) is 3.31. The van der Waals surface area contributed by atoms with Gasteiger partial charge in [-0.1, -0.05) is 18.2 Å². The molecule has 0 bridgehead atoms. The van der Waals surface area contributed by atoms with Gasteiger partial charge in [-0.25, -0.2) is 0 Å². The van der Waals surface area contributed by atoms with Crippen molar-refractivity contribution >= 4 is 11.6 Å². The minimum absolute atomic E-state index is 0.0657. The van der Waals surface area contributed by atoms with Gasteiger partial charge in [0.1, 0.15) is 5.75 Å². The molecule has 1 N–H and O–H groups in total. The first-order chi connectivity index (χ1) is 11.3. The first kappa shape index (κ1) is 15.3. The van der Waals surface area contributed by atoms with Crippen molar-refractivity contribution in [3.8, 4) is 5.75 Å². The van der Waals surface area contributed by atoms with Gasteiger partial charge >= 0.3 is 0 Å². The zero-order valence-electron chi connectivity index (χ0n) is 13.3. The molecule has 2 aromatic rings. The standard InChI is InChI=1S/C18H21N3O2/c1-23-17-7-3-2-6-14(17)12-20-16-10-15(11-19-13-16)18(22)21-8-4-5-9-21/h2-3,6-7,10-11,13,20H,4-5,8-9,12H2,1H3. The third kappa shape index (κ3) is 3.62. The highest BCUT2D eigenvalue weighted by atomic mass is 16.5. The number of anilines is 1. The van der Waals surface area contributed by atoms with Gasteiger partial charge in [-0.05, 0) is 25.0 Å². The van der Waals surface area contributed by atoms with Gasteiger partial charge in [-0.15, -0.1) is 0 Å². The third-order valence-electron chi connectivity index (χ3n) is 4.05. The summed E-state index contributed by atoms with van der Waals surface area (Å²) in [4.78, 5) is 18.5. The number of carbonyl (C=O) groups is 1. The number of nitrogens with one attached hydrogen (secondary N) is 1. The first-order valence-corrected chi connectivity index (χ1v) is 7.88. The van der Waals surface area contributed by atoms with Crippen LogP contribution in [-0.2, 0) is 6.54 Å². The van der Waals surface area contributed by atoms with Crippen molar-refractivity contribution in [1.82, 2.24) is 9.88 Å². The number of likely N-dealkylation sites (tertiary alicyclic amines) is 1. The van der Waals surface area contributed by atoms with E-state index >= 15 is 0 Å². The van der Waals surface area contributed by atoms with Crippen molar-refractivity contribution in [3.05, 3.63) is 53.9 Å². The Bertz CT molecular complexity index is 681. The molecule has 0 unspecified atom stereocenters. The molecule has 1 aliphatic rings. The molecule has 23 heavy (non-hydrogen) atoms. The number of carbonyl (C=O) groups excluding carboxylic acids is 1. The van der Waals surface area contributed by atoms with Crippen molar-refractivity contribution in [1.29, 1.82) is 0 Å². The Morgan fingerprint density at radius 1 is 1.26 bits per heavy atom. The number of para-hydroxylation sites is 1. The number of rotatable bonds is 5. The maximum Gasteiger partial charge on any atom is 0.255 e. The van der Waals surface area contributed by atoms with E-state index in [9.17, 15) is 4.79 Å². The molecule has 120 valence electrons. The summed E-state index contributed by atoms with van der Waals surface area (Å²) in [6.07, 6.45) is 5.54. The van der Waals surface area contributed by atoms with Crippen molar-refractivity contribution in [2.75, 3.05) is 25.5 Å². The number of hydrogen-bond acceptors (Lipinski definition) is 4. The summed E-state index contributed by atoms with van der Waals surface area (Å²) in [5.41, 5.74) is 2.53. The molecule has 3 rings (SSSR count). The molecule has 2 heterocycles. The van der Waals surface area contributed by atoms with E-state index in [1.165, 1.54) is 0 Å². The molecule has 5 nitrogen and oxygen atoms in total. The van der Waals surface area contributed by atoms with Crippen LogP contribution in [0.3, 0.4) is 0 Å². The fourth-order valence-electron chi connectivity index (χ4n) is 2.80. The Kier molecular flexibility index (Phi) is 4.76. The second-order valence-electron chi connectivity index (χ2n) is 5.63. The number of pyridine rings is 1. The van der Waals surface area contributed by atoms with Crippen LogP contribution in [0.2, 0.25) is 0 Å². The Hall–Kier alpha value is -2.56. The van der Waals surface area contributed by atoms with Gasteiger partial charge in [0, 0.05) is 37.6 Å². The molecular formula is C18H21N3O2. The van der Waals surface area contributed by atoms with E-state index < -0.39 is 0 Å². The monoisotopic (exact) mass is 311 g/mol.